The Hall–Kier alpha value is -2.24. The van der Waals surface area contributed by atoms with E-state index >= 15 is 0 Å². The molecule has 1 saturated heterocycles. The monoisotopic (exact) mass is 291 g/mol. The smallest absolute Gasteiger partial charge is 0.321 e. The van der Waals surface area contributed by atoms with Crippen molar-refractivity contribution in [2.24, 2.45) is 0 Å². The van der Waals surface area contributed by atoms with Crippen molar-refractivity contribution in [1.82, 2.24) is 9.80 Å². The first-order valence-electron chi connectivity index (χ1n) is 7.05. The lowest BCUT2D eigenvalue weighted by Crippen LogP contribution is -2.32. The Labute approximate surface area is 124 Å². The van der Waals surface area contributed by atoms with Crippen molar-refractivity contribution in [3.8, 4) is 5.75 Å². The van der Waals surface area contributed by atoms with Crippen LogP contribution in [0.15, 0.2) is 24.3 Å². The molecule has 1 N–H and O–H groups in total. The molecule has 1 aliphatic heterocycles. The molecule has 21 heavy (non-hydrogen) atoms. The molecule has 0 aromatic heterocycles. The van der Waals surface area contributed by atoms with Gasteiger partial charge in [-0.25, -0.2) is 4.79 Å². The lowest BCUT2D eigenvalue weighted by Gasteiger charge is -2.16. The van der Waals surface area contributed by atoms with E-state index in [2.05, 4.69) is 5.32 Å². The van der Waals surface area contributed by atoms with Crippen molar-refractivity contribution >= 4 is 17.6 Å². The summed E-state index contributed by atoms with van der Waals surface area (Å²) < 4.78 is 5.42. The minimum Gasteiger partial charge on any atom is -0.484 e. The fraction of sp³-hybridized carbons (Fsp3) is 0.467. The summed E-state index contributed by atoms with van der Waals surface area (Å²) >= 11 is 0. The van der Waals surface area contributed by atoms with E-state index in [0.717, 1.165) is 25.9 Å². The van der Waals surface area contributed by atoms with Crippen molar-refractivity contribution in [3.63, 3.8) is 0 Å². The predicted octanol–water partition coefficient (Wildman–Crippen LogP) is 1.78. The molecule has 0 unspecified atom stereocenters. The topological polar surface area (TPSA) is 61.9 Å². The molecule has 0 radical (unpaired) electrons. The molecule has 1 aromatic rings. The second-order valence-corrected chi connectivity index (χ2v) is 5.23. The van der Waals surface area contributed by atoms with E-state index in [4.69, 9.17) is 4.74 Å². The number of anilines is 1. The van der Waals surface area contributed by atoms with Crippen molar-refractivity contribution in [2.45, 2.75) is 12.8 Å². The average Bonchev–Trinajstić information content (AvgIpc) is 2.99. The van der Waals surface area contributed by atoms with E-state index < -0.39 is 0 Å². The normalized spacial score (nSPS) is 13.9. The van der Waals surface area contributed by atoms with E-state index in [1.807, 2.05) is 0 Å². The molecule has 0 aliphatic carbocycles. The van der Waals surface area contributed by atoms with Crippen LogP contribution < -0.4 is 10.1 Å². The van der Waals surface area contributed by atoms with Crippen molar-refractivity contribution in [2.75, 3.05) is 39.1 Å². The van der Waals surface area contributed by atoms with Crippen LogP contribution in [-0.2, 0) is 4.79 Å². The zero-order valence-corrected chi connectivity index (χ0v) is 12.5. The second kappa shape index (κ2) is 6.97. The van der Waals surface area contributed by atoms with Crippen LogP contribution in [-0.4, -0.2) is 55.5 Å². The molecule has 0 saturated carbocycles. The molecule has 6 heteroatoms. The number of nitrogens with zero attached hydrogens (tertiary/aromatic N) is 2. The highest BCUT2D eigenvalue weighted by atomic mass is 16.5. The summed E-state index contributed by atoms with van der Waals surface area (Å²) in [5, 5.41) is 2.85. The largest absolute Gasteiger partial charge is 0.484 e. The van der Waals surface area contributed by atoms with Gasteiger partial charge in [0, 0.05) is 38.9 Å². The van der Waals surface area contributed by atoms with Crippen molar-refractivity contribution in [1.29, 1.82) is 0 Å². The summed E-state index contributed by atoms with van der Waals surface area (Å²) in [6.07, 6.45) is 2.12. The Kier molecular flexibility index (Phi) is 5.03. The molecule has 0 atom stereocenters. The number of likely N-dealkylation sites (tertiary alicyclic amines) is 1. The van der Waals surface area contributed by atoms with Crippen LogP contribution in [0.4, 0.5) is 10.5 Å². The lowest BCUT2D eigenvalue weighted by atomic mass is 10.3. The highest BCUT2D eigenvalue weighted by molar-refractivity contribution is 5.89. The van der Waals surface area contributed by atoms with Crippen molar-refractivity contribution in [3.05, 3.63) is 24.3 Å². The van der Waals surface area contributed by atoms with Crippen LogP contribution in [0.1, 0.15) is 12.8 Å². The summed E-state index contributed by atoms with van der Waals surface area (Å²) in [6.45, 7) is 1.59. The van der Waals surface area contributed by atoms with Gasteiger partial charge >= 0.3 is 6.03 Å². The first-order chi connectivity index (χ1) is 10.1. The molecule has 114 valence electrons. The van der Waals surface area contributed by atoms with Gasteiger partial charge in [-0.15, -0.1) is 0 Å². The van der Waals surface area contributed by atoms with Crippen LogP contribution in [0.3, 0.4) is 0 Å². The predicted molar refractivity (Wildman–Crippen MR) is 80.5 cm³/mol. The van der Waals surface area contributed by atoms with Crippen LogP contribution in [0.25, 0.3) is 0 Å². The van der Waals surface area contributed by atoms with Gasteiger partial charge in [0.2, 0.25) is 0 Å². The number of hydrogen-bond donors (Lipinski definition) is 1. The Morgan fingerprint density at radius 1 is 1.29 bits per heavy atom. The number of amides is 3. The maximum atomic E-state index is 12.0. The maximum Gasteiger partial charge on any atom is 0.321 e. The van der Waals surface area contributed by atoms with E-state index in [9.17, 15) is 9.59 Å². The third-order valence-corrected chi connectivity index (χ3v) is 3.34. The summed E-state index contributed by atoms with van der Waals surface area (Å²) in [4.78, 5) is 26.7. The standard InChI is InChI=1S/C15H21N3O3/c1-17(2)14(19)11-21-13-7-5-6-12(10-13)16-15(20)18-8-3-4-9-18/h5-7,10H,3-4,8-9,11H2,1-2H3,(H,16,20). The average molecular weight is 291 g/mol. The fourth-order valence-electron chi connectivity index (χ4n) is 2.06. The molecule has 1 aromatic carbocycles. The number of urea groups is 1. The van der Waals surface area contributed by atoms with Gasteiger partial charge in [0.25, 0.3) is 5.91 Å². The van der Waals surface area contributed by atoms with Gasteiger partial charge in [-0.3, -0.25) is 4.79 Å². The molecule has 1 aliphatic rings. The van der Waals surface area contributed by atoms with Crippen LogP contribution in [0.2, 0.25) is 0 Å². The maximum absolute atomic E-state index is 12.0. The van der Waals surface area contributed by atoms with Gasteiger partial charge in [0.15, 0.2) is 6.61 Å². The minimum atomic E-state index is -0.110. The van der Waals surface area contributed by atoms with Gasteiger partial charge < -0.3 is 19.9 Å². The Morgan fingerprint density at radius 3 is 2.67 bits per heavy atom. The molecule has 6 nitrogen and oxygen atoms in total. The van der Waals surface area contributed by atoms with E-state index in [1.165, 1.54) is 4.90 Å². The first kappa shape index (κ1) is 15.2. The lowest BCUT2D eigenvalue weighted by molar-refractivity contribution is -0.130. The SMILES string of the molecule is CN(C)C(=O)COc1cccc(NC(=O)N2CCCC2)c1. The van der Waals surface area contributed by atoms with Gasteiger partial charge in [0.1, 0.15) is 5.75 Å². The van der Waals surface area contributed by atoms with E-state index in [0.29, 0.717) is 11.4 Å². The number of ether oxygens (including phenoxy) is 1. The number of nitrogens with one attached hydrogen (secondary N) is 1. The summed E-state index contributed by atoms with van der Waals surface area (Å²) in [6, 6.07) is 6.98. The number of benzene rings is 1. The summed E-state index contributed by atoms with van der Waals surface area (Å²) in [5.74, 6) is 0.450. The fourth-order valence-corrected chi connectivity index (χ4v) is 2.06. The zero-order valence-electron chi connectivity index (χ0n) is 12.5. The van der Waals surface area contributed by atoms with Crippen molar-refractivity contribution < 1.29 is 14.3 Å². The number of rotatable bonds is 4. The molecular weight excluding hydrogens is 270 g/mol. The quantitative estimate of drug-likeness (QED) is 0.920. The summed E-state index contributed by atoms with van der Waals surface area (Å²) in [5.41, 5.74) is 0.668. The molecule has 1 fully saturated rings. The molecule has 0 spiro atoms. The first-order valence-corrected chi connectivity index (χ1v) is 7.05. The Balaban J connectivity index is 1.91. The van der Waals surface area contributed by atoms with Gasteiger partial charge in [-0.05, 0) is 25.0 Å². The van der Waals surface area contributed by atoms with Gasteiger partial charge in [-0.1, -0.05) is 6.07 Å². The highest BCUT2D eigenvalue weighted by Crippen LogP contribution is 2.18. The van der Waals surface area contributed by atoms with E-state index in [-0.39, 0.29) is 18.5 Å². The molecule has 2 rings (SSSR count). The zero-order chi connectivity index (χ0) is 15.2. The molecule has 0 bridgehead atoms. The number of carbonyl (C=O) groups is 2. The Bertz CT molecular complexity index is 511. The summed E-state index contributed by atoms with van der Waals surface area (Å²) in [7, 11) is 3.36. The number of likely N-dealkylation sites (N-methyl/N-ethyl adjacent to an activating group) is 1. The van der Waals surface area contributed by atoms with Crippen LogP contribution in [0, 0.1) is 0 Å². The van der Waals surface area contributed by atoms with Gasteiger partial charge in [-0.2, -0.15) is 0 Å². The van der Waals surface area contributed by atoms with E-state index in [1.54, 1.807) is 43.3 Å². The molecular formula is C15H21N3O3. The van der Waals surface area contributed by atoms with Crippen LogP contribution >= 0.6 is 0 Å². The third-order valence-electron chi connectivity index (χ3n) is 3.34. The number of hydrogen-bond acceptors (Lipinski definition) is 3. The van der Waals surface area contributed by atoms with Crippen LogP contribution in [0.5, 0.6) is 5.75 Å². The molecule has 1 heterocycles. The second-order valence-electron chi connectivity index (χ2n) is 5.23. The molecule has 3 amide bonds. The van der Waals surface area contributed by atoms with Gasteiger partial charge in [0.05, 0.1) is 0 Å². The highest BCUT2D eigenvalue weighted by Gasteiger charge is 2.17. The number of carbonyl (C=O) groups excluding carboxylic acids is 2. The third kappa shape index (κ3) is 4.37. The Morgan fingerprint density at radius 2 is 2.00 bits per heavy atom. The minimum absolute atomic E-state index is 0.0173.